The van der Waals surface area contributed by atoms with E-state index in [2.05, 4.69) is 24.1 Å². The molecule has 0 aromatic carbocycles. The van der Waals surface area contributed by atoms with Crippen molar-refractivity contribution in [2.45, 2.75) is 77.7 Å². The molecule has 2 aliphatic carbocycles. The van der Waals surface area contributed by atoms with Crippen LogP contribution in [0.3, 0.4) is 0 Å². The zero-order valence-electron chi connectivity index (χ0n) is 14.4. The van der Waals surface area contributed by atoms with Crippen molar-refractivity contribution >= 4 is 0 Å². The van der Waals surface area contributed by atoms with E-state index < -0.39 is 0 Å². The van der Waals surface area contributed by atoms with E-state index in [0.29, 0.717) is 5.41 Å². The second-order valence-corrected chi connectivity index (χ2v) is 8.67. The maximum absolute atomic E-state index is 3.88. The molecule has 0 aromatic rings. The van der Waals surface area contributed by atoms with E-state index in [4.69, 9.17) is 0 Å². The van der Waals surface area contributed by atoms with E-state index in [1.165, 1.54) is 84.0 Å². The maximum atomic E-state index is 3.88. The average Bonchev–Trinajstić information content (AvgIpc) is 3.27. The minimum Gasteiger partial charge on any atom is -0.313 e. The van der Waals surface area contributed by atoms with Gasteiger partial charge in [-0.1, -0.05) is 26.7 Å². The second-order valence-electron chi connectivity index (χ2n) is 8.67. The lowest BCUT2D eigenvalue weighted by Gasteiger charge is -2.43. The normalized spacial score (nSPS) is 39.1. The lowest BCUT2D eigenvalue weighted by Crippen LogP contribution is -2.47. The Morgan fingerprint density at radius 1 is 0.952 bits per heavy atom. The molecule has 0 amide bonds. The van der Waals surface area contributed by atoms with Gasteiger partial charge in [0.05, 0.1) is 0 Å². The largest absolute Gasteiger partial charge is 0.313 e. The summed E-state index contributed by atoms with van der Waals surface area (Å²) in [5.74, 6) is 1.88. The Balaban J connectivity index is 1.59. The highest BCUT2D eigenvalue weighted by molar-refractivity contribution is 4.93. The molecular formula is C19H36N2. The van der Waals surface area contributed by atoms with Gasteiger partial charge in [0, 0.05) is 19.1 Å². The van der Waals surface area contributed by atoms with Crippen LogP contribution < -0.4 is 5.32 Å². The molecule has 0 radical (unpaired) electrons. The van der Waals surface area contributed by atoms with E-state index in [0.717, 1.165) is 17.9 Å². The topological polar surface area (TPSA) is 15.3 Å². The van der Waals surface area contributed by atoms with Crippen molar-refractivity contribution in [3.8, 4) is 0 Å². The Hall–Kier alpha value is -0.0800. The van der Waals surface area contributed by atoms with Crippen LogP contribution in [0, 0.1) is 17.3 Å². The Labute approximate surface area is 132 Å². The molecule has 0 bridgehead atoms. The number of hydrogen-bond donors (Lipinski definition) is 1. The van der Waals surface area contributed by atoms with Gasteiger partial charge in [-0.25, -0.2) is 0 Å². The van der Waals surface area contributed by atoms with Crippen molar-refractivity contribution in [3.63, 3.8) is 0 Å². The third-order valence-electron chi connectivity index (χ3n) is 6.20. The van der Waals surface area contributed by atoms with Crippen molar-refractivity contribution in [3.05, 3.63) is 0 Å². The minimum atomic E-state index is 0.577. The third kappa shape index (κ3) is 4.69. The fraction of sp³-hybridized carbons (Fsp3) is 1.00. The summed E-state index contributed by atoms with van der Waals surface area (Å²) < 4.78 is 0. The third-order valence-corrected chi connectivity index (χ3v) is 6.20. The van der Waals surface area contributed by atoms with E-state index in [9.17, 15) is 0 Å². The molecule has 0 aromatic heterocycles. The number of likely N-dealkylation sites (tertiary alicyclic amines) is 1. The highest BCUT2D eigenvalue weighted by Gasteiger charge is 2.37. The molecule has 3 rings (SSSR count). The first kappa shape index (κ1) is 15.8. The van der Waals surface area contributed by atoms with Crippen LogP contribution in [0.2, 0.25) is 0 Å². The highest BCUT2D eigenvalue weighted by Crippen LogP contribution is 2.40. The van der Waals surface area contributed by atoms with Gasteiger partial charge in [0.25, 0.3) is 0 Å². The molecule has 21 heavy (non-hydrogen) atoms. The van der Waals surface area contributed by atoms with Crippen molar-refractivity contribution in [1.82, 2.24) is 10.2 Å². The number of hydrogen-bond acceptors (Lipinski definition) is 2. The predicted octanol–water partition coefficient (Wildman–Crippen LogP) is 4.06. The monoisotopic (exact) mass is 292 g/mol. The van der Waals surface area contributed by atoms with Crippen LogP contribution >= 0.6 is 0 Å². The first-order valence-corrected chi connectivity index (χ1v) is 9.61. The van der Waals surface area contributed by atoms with Gasteiger partial charge in [0.15, 0.2) is 0 Å². The van der Waals surface area contributed by atoms with Gasteiger partial charge in [0.2, 0.25) is 0 Å². The zero-order chi connectivity index (χ0) is 14.7. The van der Waals surface area contributed by atoms with E-state index in [1.54, 1.807) is 0 Å². The molecule has 3 unspecified atom stereocenters. The van der Waals surface area contributed by atoms with Crippen LogP contribution in [0.15, 0.2) is 0 Å². The van der Waals surface area contributed by atoms with Crippen molar-refractivity contribution < 1.29 is 0 Å². The molecule has 0 spiro atoms. The summed E-state index contributed by atoms with van der Waals surface area (Å²) in [6.45, 7) is 10.3. The molecule has 1 aliphatic heterocycles. The molecule has 1 heterocycles. The first-order chi connectivity index (χ1) is 10.2. The summed E-state index contributed by atoms with van der Waals surface area (Å²) in [5.41, 5.74) is 0.577. The summed E-state index contributed by atoms with van der Waals surface area (Å²) in [5, 5.41) is 3.88. The summed E-state index contributed by atoms with van der Waals surface area (Å²) >= 11 is 0. The molecule has 2 saturated carbocycles. The van der Waals surface area contributed by atoms with Gasteiger partial charge < -0.3 is 10.2 Å². The summed E-state index contributed by atoms with van der Waals surface area (Å²) in [4.78, 5) is 2.82. The van der Waals surface area contributed by atoms with Crippen LogP contribution in [0.1, 0.15) is 71.6 Å². The lowest BCUT2D eigenvalue weighted by atomic mass is 9.69. The van der Waals surface area contributed by atoms with Gasteiger partial charge in [0.1, 0.15) is 0 Å². The second kappa shape index (κ2) is 7.00. The van der Waals surface area contributed by atoms with Crippen molar-refractivity contribution in [2.75, 3.05) is 26.2 Å². The fourth-order valence-electron chi connectivity index (χ4n) is 4.73. The molecule has 3 atom stereocenters. The Bertz CT molecular complexity index is 326. The Morgan fingerprint density at radius 2 is 1.76 bits per heavy atom. The van der Waals surface area contributed by atoms with Gasteiger partial charge in [-0.15, -0.1) is 0 Å². The zero-order valence-corrected chi connectivity index (χ0v) is 14.4. The molecule has 3 aliphatic rings. The van der Waals surface area contributed by atoms with E-state index in [1.807, 2.05) is 0 Å². The van der Waals surface area contributed by atoms with Gasteiger partial charge in [-0.2, -0.15) is 0 Å². The average molecular weight is 293 g/mol. The summed E-state index contributed by atoms with van der Waals surface area (Å²) in [6.07, 6.45) is 13.0. The van der Waals surface area contributed by atoms with Crippen LogP contribution in [0.4, 0.5) is 0 Å². The number of nitrogens with one attached hydrogen (secondary N) is 1. The molecule has 3 fully saturated rings. The molecule has 1 saturated heterocycles. The summed E-state index contributed by atoms with van der Waals surface area (Å²) in [7, 11) is 0. The first-order valence-electron chi connectivity index (χ1n) is 9.61. The van der Waals surface area contributed by atoms with Crippen LogP contribution in [0.25, 0.3) is 0 Å². The van der Waals surface area contributed by atoms with E-state index in [-0.39, 0.29) is 0 Å². The van der Waals surface area contributed by atoms with Crippen molar-refractivity contribution in [2.24, 2.45) is 17.3 Å². The van der Waals surface area contributed by atoms with Gasteiger partial charge in [-0.05, 0) is 75.3 Å². The molecule has 1 N–H and O–H groups in total. The molecule has 122 valence electrons. The SMILES string of the molecule is CC1CCCN(CC2(CNC3CC3)CCCC(C)C2)CC1. The van der Waals surface area contributed by atoms with Gasteiger partial charge in [-0.3, -0.25) is 0 Å². The summed E-state index contributed by atoms with van der Waals surface area (Å²) in [6, 6.07) is 0.864. The Kier molecular flexibility index (Phi) is 5.27. The van der Waals surface area contributed by atoms with Crippen molar-refractivity contribution in [1.29, 1.82) is 0 Å². The quantitative estimate of drug-likeness (QED) is 0.822. The smallest absolute Gasteiger partial charge is 0.00684 e. The molecular weight excluding hydrogens is 256 g/mol. The maximum Gasteiger partial charge on any atom is 0.00684 e. The predicted molar refractivity (Wildman–Crippen MR) is 90.5 cm³/mol. The fourth-order valence-corrected chi connectivity index (χ4v) is 4.73. The Morgan fingerprint density at radius 3 is 2.52 bits per heavy atom. The number of nitrogens with zero attached hydrogens (tertiary/aromatic N) is 1. The molecule has 2 nitrogen and oxygen atoms in total. The van der Waals surface area contributed by atoms with Gasteiger partial charge >= 0.3 is 0 Å². The van der Waals surface area contributed by atoms with E-state index >= 15 is 0 Å². The number of rotatable bonds is 5. The lowest BCUT2D eigenvalue weighted by molar-refractivity contribution is 0.0807. The minimum absolute atomic E-state index is 0.577. The standard InChI is InChI=1S/C19H36N2/c1-16-6-4-11-21(12-9-16)15-19(14-20-18-7-8-18)10-3-5-17(2)13-19/h16-18,20H,3-15H2,1-2H3. The van der Waals surface area contributed by atoms with Crippen LogP contribution in [0.5, 0.6) is 0 Å². The van der Waals surface area contributed by atoms with Crippen LogP contribution in [-0.4, -0.2) is 37.1 Å². The highest BCUT2D eigenvalue weighted by atomic mass is 15.1. The molecule has 2 heteroatoms. The van der Waals surface area contributed by atoms with Crippen LogP contribution in [-0.2, 0) is 0 Å².